The summed E-state index contributed by atoms with van der Waals surface area (Å²) < 4.78 is 0.653. The van der Waals surface area contributed by atoms with Gasteiger partial charge in [0.15, 0.2) is 0 Å². The maximum absolute atomic E-state index is 12.1. The van der Waals surface area contributed by atoms with Crippen molar-refractivity contribution in [2.75, 3.05) is 0 Å². The fraction of sp³-hybridized carbons (Fsp3) is 0.357. The highest BCUT2D eigenvalue weighted by molar-refractivity contribution is 14.1. The summed E-state index contributed by atoms with van der Waals surface area (Å²) in [5.41, 5.74) is 2.47. The van der Waals surface area contributed by atoms with E-state index in [1.54, 1.807) is 12.4 Å². The first-order chi connectivity index (χ1) is 8.80. The van der Waals surface area contributed by atoms with E-state index in [0.717, 1.165) is 16.8 Å². The second kappa shape index (κ2) is 5.03. The second-order valence-electron chi connectivity index (χ2n) is 5.52. The Hall–Kier alpha value is -1.24. The van der Waals surface area contributed by atoms with Crippen LogP contribution in [0.15, 0.2) is 23.3 Å². The van der Waals surface area contributed by atoms with Gasteiger partial charge in [0.25, 0.3) is 5.56 Å². The first-order valence-electron chi connectivity index (χ1n) is 6.02. The molecule has 2 aromatic rings. The van der Waals surface area contributed by atoms with Crippen molar-refractivity contribution in [3.8, 4) is 11.4 Å². The summed E-state index contributed by atoms with van der Waals surface area (Å²) >= 11 is 2.06. The lowest BCUT2D eigenvalue weighted by Gasteiger charge is -2.20. The van der Waals surface area contributed by atoms with Crippen molar-refractivity contribution >= 4 is 22.6 Å². The van der Waals surface area contributed by atoms with Crippen LogP contribution in [0.3, 0.4) is 0 Å². The van der Waals surface area contributed by atoms with E-state index in [0.29, 0.717) is 9.39 Å². The molecule has 2 rings (SSSR count). The molecule has 0 aromatic carbocycles. The zero-order valence-corrected chi connectivity index (χ0v) is 13.6. The van der Waals surface area contributed by atoms with Gasteiger partial charge in [-0.05, 0) is 41.1 Å². The summed E-state index contributed by atoms with van der Waals surface area (Å²) in [4.78, 5) is 23.6. The first kappa shape index (κ1) is 14.2. The van der Waals surface area contributed by atoms with Crippen molar-refractivity contribution in [2.24, 2.45) is 0 Å². The topological polar surface area (TPSA) is 58.6 Å². The van der Waals surface area contributed by atoms with Crippen molar-refractivity contribution in [3.63, 3.8) is 0 Å². The first-order valence-corrected chi connectivity index (χ1v) is 7.10. The number of aromatic amines is 1. The molecule has 0 aliphatic carbocycles. The largest absolute Gasteiger partial charge is 0.306 e. The fourth-order valence-corrected chi connectivity index (χ4v) is 2.89. The van der Waals surface area contributed by atoms with Gasteiger partial charge in [0.2, 0.25) is 0 Å². The van der Waals surface area contributed by atoms with Gasteiger partial charge < -0.3 is 4.98 Å². The van der Waals surface area contributed by atoms with Gasteiger partial charge in [-0.3, -0.25) is 9.78 Å². The summed E-state index contributed by atoms with van der Waals surface area (Å²) in [6.45, 7) is 8.12. The maximum atomic E-state index is 12.1. The average molecular weight is 369 g/mol. The normalized spacial score (nSPS) is 11.6. The fourth-order valence-electron chi connectivity index (χ4n) is 1.82. The molecule has 2 heterocycles. The maximum Gasteiger partial charge on any atom is 0.264 e. The molecule has 0 amide bonds. The molecule has 0 unspecified atom stereocenters. The minimum atomic E-state index is -0.166. The van der Waals surface area contributed by atoms with E-state index in [1.807, 2.05) is 13.0 Å². The van der Waals surface area contributed by atoms with Crippen molar-refractivity contribution in [3.05, 3.63) is 43.6 Å². The third kappa shape index (κ3) is 2.86. The Morgan fingerprint density at radius 1 is 1.32 bits per heavy atom. The molecule has 100 valence electrons. The predicted molar refractivity (Wildman–Crippen MR) is 84.2 cm³/mol. The van der Waals surface area contributed by atoms with Gasteiger partial charge in [0, 0.05) is 23.4 Å². The molecule has 1 N–H and O–H groups in total. The van der Waals surface area contributed by atoms with E-state index in [4.69, 9.17) is 0 Å². The van der Waals surface area contributed by atoms with Gasteiger partial charge in [-0.25, -0.2) is 4.98 Å². The van der Waals surface area contributed by atoms with Crippen LogP contribution < -0.4 is 5.56 Å². The number of nitrogens with zero attached hydrogens (tertiary/aromatic N) is 2. The highest BCUT2D eigenvalue weighted by atomic mass is 127. The Labute approximate surface area is 125 Å². The lowest BCUT2D eigenvalue weighted by molar-refractivity contribution is 0.562. The van der Waals surface area contributed by atoms with Crippen LogP contribution >= 0.6 is 22.6 Å². The van der Waals surface area contributed by atoms with Gasteiger partial charge in [-0.2, -0.15) is 0 Å². The summed E-state index contributed by atoms with van der Waals surface area (Å²) in [7, 11) is 0. The van der Waals surface area contributed by atoms with Crippen LogP contribution in [0, 0.1) is 10.5 Å². The molecule has 19 heavy (non-hydrogen) atoms. The molecule has 0 saturated heterocycles. The van der Waals surface area contributed by atoms with Crippen LogP contribution in [0.5, 0.6) is 0 Å². The predicted octanol–water partition coefficient (Wildman–Crippen LogP) is 3.04. The molecule has 0 bridgehead atoms. The van der Waals surface area contributed by atoms with Crippen LogP contribution in [0.1, 0.15) is 32.0 Å². The molecule has 0 aliphatic heterocycles. The van der Waals surface area contributed by atoms with Crippen LogP contribution in [-0.4, -0.2) is 15.0 Å². The molecule has 0 fully saturated rings. The van der Waals surface area contributed by atoms with Crippen LogP contribution in [-0.2, 0) is 5.41 Å². The minimum Gasteiger partial charge on any atom is -0.306 e. The van der Waals surface area contributed by atoms with E-state index >= 15 is 0 Å². The van der Waals surface area contributed by atoms with Gasteiger partial charge in [0.1, 0.15) is 9.39 Å². The van der Waals surface area contributed by atoms with E-state index in [2.05, 4.69) is 58.3 Å². The number of nitrogens with one attached hydrogen (secondary N) is 1. The van der Waals surface area contributed by atoms with Gasteiger partial charge in [-0.15, -0.1) is 0 Å². The highest BCUT2D eigenvalue weighted by Gasteiger charge is 2.22. The van der Waals surface area contributed by atoms with E-state index in [1.165, 1.54) is 0 Å². The Kier molecular flexibility index (Phi) is 3.75. The monoisotopic (exact) mass is 369 g/mol. The third-order valence-electron chi connectivity index (χ3n) is 2.85. The molecule has 2 aromatic heterocycles. The molecular formula is C14H16IN3O. The van der Waals surface area contributed by atoms with E-state index < -0.39 is 0 Å². The SMILES string of the molecule is Cc1cnccc1-c1nc(C(C)(C)C)c(I)c(=O)[nH]1. The minimum absolute atomic E-state index is 0.0910. The number of pyridine rings is 1. The third-order valence-corrected chi connectivity index (χ3v) is 3.85. The average Bonchev–Trinajstić information content (AvgIpc) is 2.31. The lowest BCUT2D eigenvalue weighted by Crippen LogP contribution is -2.24. The highest BCUT2D eigenvalue weighted by Crippen LogP contribution is 2.26. The Morgan fingerprint density at radius 2 is 2.00 bits per heavy atom. The quantitative estimate of drug-likeness (QED) is 0.787. The second-order valence-corrected chi connectivity index (χ2v) is 6.60. The standard InChI is InChI=1S/C14H16IN3O/c1-8-7-16-6-5-9(8)12-17-11(14(2,3)4)10(15)13(19)18-12/h5-7H,1-4H3,(H,17,18,19). The van der Waals surface area contributed by atoms with Gasteiger partial charge in [-0.1, -0.05) is 20.8 Å². The molecule has 5 heteroatoms. The molecule has 0 spiro atoms. The molecule has 0 saturated carbocycles. The summed E-state index contributed by atoms with van der Waals surface area (Å²) in [5, 5.41) is 0. The summed E-state index contributed by atoms with van der Waals surface area (Å²) in [5.74, 6) is 0.607. The zero-order chi connectivity index (χ0) is 14.2. The van der Waals surface area contributed by atoms with Crippen molar-refractivity contribution in [1.82, 2.24) is 15.0 Å². The number of rotatable bonds is 1. The molecule has 0 atom stereocenters. The number of H-pyrrole nitrogens is 1. The van der Waals surface area contributed by atoms with E-state index in [9.17, 15) is 4.79 Å². The van der Waals surface area contributed by atoms with Crippen molar-refractivity contribution < 1.29 is 0 Å². The van der Waals surface area contributed by atoms with Crippen LogP contribution in [0.25, 0.3) is 11.4 Å². The molecule has 4 nitrogen and oxygen atoms in total. The van der Waals surface area contributed by atoms with E-state index in [-0.39, 0.29) is 11.0 Å². The number of aryl methyl sites for hydroxylation is 1. The molecular weight excluding hydrogens is 353 g/mol. The Bertz CT molecular complexity index is 671. The number of halogens is 1. The van der Waals surface area contributed by atoms with Crippen molar-refractivity contribution in [1.29, 1.82) is 0 Å². The Balaban J connectivity index is 2.71. The number of hydrogen-bond donors (Lipinski definition) is 1. The lowest BCUT2D eigenvalue weighted by atomic mass is 9.92. The molecule has 0 aliphatic rings. The number of aromatic nitrogens is 3. The zero-order valence-electron chi connectivity index (χ0n) is 11.4. The molecule has 0 radical (unpaired) electrons. The van der Waals surface area contributed by atoms with Crippen molar-refractivity contribution in [2.45, 2.75) is 33.1 Å². The summed E-state index contributed by atoms with van der Waals surface area (Å²) in [6.07, 6.45) is 3.47. The van der Waals surface area contributed by atoms with Crippen LogP contribution in [0.2, 0.25) is 0 Å². The number of hydrogen-bond acceptors (Lipinski definition) is 3. The van der Waals surface area contributed by atoms with Crippen LogP contribution in [0.4, 0.5) is 0 Å². The smallest absolute Gasteiger partial charge is 0.264 e. The van der Waals surface area contributed by atoms with Gasteiger partial charge >= 0.3 is 0 Å². The Morgan fingerprint density at radius 3 is 2.58 bits per heavy atom. The summed E-state index contributed by atoms with van der Waals surface area (Å²) in [6, 6.07) is 1.87. The van der Waals surface area contributed by atoms with Gasteiger partial charge in [0.05, 0.1) is 5.69 Å².